The molecule has 1 unspecified atom stereocenters. The lowest BCUT2D eigenvalue weighted by Crippen LogP contribution is -2.44. The van der Waals surface area contributed by atoms with Gasteiger partial charge in [0, 0.05) is 26.6 Å². The van der Waals surface area contributed by atoms with Crippen molar-refractivity contribution in [2.45, 2.75) is 19.3 Å². The average Bonchev–Trinajstić information content (AvgIpc) is 2.48. The molecule has 7 nitrogen and oxygen atoms in total. The molecule has 0 aliphatic rings. The molecule has 0 spiro atoms. The van der Waals surface area contributed by atoms with E-state index in [9.17, 15) is 9.59 Å². The van der Waals surface area contributed by atoms with Crippen molar-refractivity contribution in [1.29, 1.82) is 0 Å². The Bertz CT molecular complexity index is 435. The number of carbonyl (C=O) groups is 2. The highest BCUT2D eigenvalue weighted by Crippen LogP contribution is 2.09. The molecule has 2 amide bonds. The molecule has 1 aromatic rings. The summed E-state index contributed by atoms with van der Waals surface area (Å²) in [5.74, 6) is -1.45. The van der Waals surface area contributed by atoms with E-state index in [1.54, 1.807) is 25.4 Å². The van der Waals surface area contributed by atoms with Gasteiger partial charge in [-0.05, 0) is 18.6 Å². The second-order valence-corrected chi connectivity index (χ2v) is 4.09. The van der Waals surface area contributed by atoms with E-state index in [-0.39, 0.29) is 12.6 Å². The first-order valence-corrected chi connectivity index (χ1v) is 6.12. The minimum absolute atomic E-state index is 0.0977. The van der Waals surface area contributed by atoms with E-state index < -0.39 is 18.1 Å². The van der Waals surface area contributed by atoms with Gasteiger partial charge in [-0.1, -0.05) is 6.07 Å². The van der Waals surface area contributed by atoms with Crippen LogP contribution in [0.15, 0.2) is 24.5 Å². The standard InChI is InChI=1S/C13H19N3O4/c1-9(10-5-4-6-14-7-10)16-13(18)12(17)15-8-11(19-2)20-3/h4-7,9,11H,8H2,1-3H3,(H,15,17)(H,16,18). The van der Waals surface area contributed by atoms with Gasteiger partial charge in [0.15, 0.2) is 6.29 Å². The van der Waals surface area contributed by atoms with Crippen molar-refractivity contribution in [2.75, 3.05) is 20.8 Å². The Morgan fingerprint density at radius 2 is 2.00 bits per heavy atom. The van der Waals surface area contributed by atoms with Crippen molar-refractivity contribution < 1.29 is 19.1 Å². The zero-order valence-corrected chi connectivity index (χ0v) is 11.8. The summed E-state index contributed by atoms with van der Waals surface area (Å²) in [6.07, 6.45) is 2.69. The highest BCUT2D eigenvalue weighted by Gasteiger charge is 2.18. The summed E-state index contributed by atoms with van der Waals surface area (Å²) in [4.78, 5) is 27.2. The van der Waals surface area contributed by atoms with Crippen LogP contribution in [0.3, 0.4) is 0 Å². The van der Waals surface area contributed by atoms with Crippen LogP contribution in [-0.2, 0) is 19.1 Å². The lowest BCUT2D eigenvalue weighted by molar-refractivity contribution is -0.142. The smallest absolute Gasteiger partial charge is 0.309 e. The van der Waals surface area contributed by atoms with Gasteiger partial charge >= 0.3 is 11.8 Å². The van der Waals surface area contributed by atoms with Crippen molar-refractivity contribution in [3.63, 3.8) is 0 Å². The highest BCUT2D eigenvalue weighted by molar-refractivity contribution is 6.35. The summed E-state index contributed by atoms with van der Waals surface area (Å²) in [7, 11) is 2.90. The molecule has 1 heterocycles. The number of nitrogens with one attached hydrogen (secondary N) is 2. The average molecular weight is 281 g/mol. The van der Waals surface area contributed by atoms with Crippen molar-refractivity contribution in [3.8, 4) is 0 Å². The number of pyridine rings is 1. The number of aromatic nitrogens is 1. The molecule has 0 aromatic carbocycles. The third kappa shape index (κ3) is 4.94. The molecule has 0 aliphatic carbocycles. The van der Waals surface area contributed by atoms with Crippen LogP contribution in [0.2, 0.25) is 0 Å². The fraction of sp³-hybridized carbons (Fsp3) is 0.462. The summed E-state index contributed by atoms with van der Waals surface area (Å²) in [6, 6.07) is 3.28. The predicted octanol–water partition coefficient (Wildman–Crippen LogP) is -0.00610. The first kappa shape index (κ1) is 16.1. The lowest BCUT2D eigenvalue weighted by atomic mass is 10.1. The maximum atomic E-state index is 11.7. The Labute approximate surface area is 117 Å². The second kappa shape index (κ2) is 8.23. The molecule has 0 fully saturated rings. The Hall–Kier alpha value is -1.99. The minimum atomic E-state index is -0.736. The summed E-state index contributed by atoms with van der Waals surface area (Å²) < 4.78 is 9.81. The SMILES string of the molecule is COC(CNC(=O)C(=O)NC(C)c1cccnc1)OC. The van der Waals surface area contributed by atoms with Crippen LogP contribution in [0.5, 0.6) is 0 Å². The summed E-state index contributed by atoms with van der Waals surface area (Å²) in [5.41, 5.74) is 0.820. The predicted molar refractivity (Wildman–Crippen MR) is 71.6 cm³/mol. The van der Waals surface area contributed by atoms with E-state index in [4.69, 9.17) is 9.47 Å². The van der Waals surface area contributed by atoms with Crippen LogP contribution in [0.1, 0.15) is 18.5 Å². The summed E-state index contributed by atoms with van der Waals surface area (Å²) >= 11 is 0. The molecule has 0 bridgehead atoms. The van der Waals surface area contributed by atoms with Gasteiger partial charge in [-0.2, -0.15) is 0 Å². The van der Waals surface area contributed by atoms with Crippen molar-refractivity contribution in [3.05, 3.63) is 30.1 Å². The molecule has 0 radical (unpaired) electrons. The summed E-state index contributed by atoms with van der Waals surface area (Å²) in [6.45, 7) is 1.87. The fourth-order valence-electron chi connectivity index (χ4n) is 1.50. The molecule has 0 saturated heterocycles. The van der Waals surface area contributed by atoms with E-state index in [2.05, 4.69) is 15.6 Å². The van der Waals surface area contributed by atoms with E-state index >= 15 is 0 Å². The van der Waals surface area contributed by atoms with Gasteiger partial charge in [0.1, 0.15) is 0 Å². The second-order valence-electron chi connectivity index (χ2n) is 4.09. The molecule has 20 heavy (non-hydrogen) atoms. The van der Waals surface area contributed by atoms with Crippen molar-refractivity contribution >= 4 is 11.8 Å². The molecule has 7 heteroatoms. The van der Waals surface area contributed by atoms with Crippen molar-refractivity contribution in [2.24, 2.45) is 0 Å². The van der Waals surface area contributed by atoms with E-state index in [0.29, 0.717) is 0 Å². The first-order chi connectivity index (χ1) is 9.58. The monoisotopic (exact) mass is 281 g/mol. The van der Waals surface area contributed by atoms with Gasteiger partial charge in [-0.25, -0.2) is 0 Å². The zero-order valence-electron chi connectivity index (χ0n) is 11.8. The normalized spacial score (nSPS) is 12.0. The largest absolute Gasteiger partial charge is 0.354 e. The van der Waals surface area contributed by atoms with Crippen molar-refractivity contribution in [1.82, 2.24) is 15.6 Å². The minimum Gasteiger partial charge on any atom is -0.354 e. The van der Waals surface area contributed by atoms with Gasteiger partial charge in [0.05, 0.1) is 12.6 Å². The van der Waals surface area contributed by atoms with Gasteiger partial charge in [-0.15, -0.1) is 0 Å². The maximum Gasteiger partial charge on any atom is 0.309 e. The van der Waals surface area contributed by atoms with E-state index in [1.807, 2.05) is 6.07 Å². The third-order valence-corrected chi connectivity index (χ3v) is 2.69. The topological polar surface area (TPSA) is 89.5 Å². The number of ether oxygens (including phenoxy) is 2. The molecule has 110 valence electrons. The highest BCUT2D eigenvalue weighted by atomic mass is 16.7. The quantitative estimate of drug-likeness (QED) is 0.565. The van der Waals surface area contributed by atoms with E-state index in [0.717, 1.165) is 5.56 Å². The molecule has 1 aromatic heterocycles. The number of amides is 2. The molecule has 2 N–H and O–H groups in total. The Balaban J connectivity index is 2.44. The zero-order chi connectivity index (χ0) is 15.0. The van der Waals surface area contributed by atoms with Crippen LogP contribution in [0.4, 0.5) is 0 Å². The molecule has 1 atom stereocenters. The number of carbonyl (C=O) groups excluding carboxylic acids is 2. The Morgan fingerprint density at radius 3 is 2.55 bits per heavy atom. The fourth-order valence-corrected chi connectivity index (χ4v) is 1.50. The van der Waals surface area contributed by atoms with Gasteiger partial charge < -0.3 is 20.1 Å². The number of rotatable bonds is 6. The van der Waals surface area contributed by atoms with Crippen LogP contribution in [0.25, 0.3) is 0 Å². The molecular formula is C13H19N3O4. The van der Waals surface area contributed by atoms with Crippen LogP contribution < -0.4 is 10.6 Å². The number of nitrogens with zero attached hydrogens (tertiary/aromatic N) is 1. The molecule has 0 aliphatic heterocycles. The summed E-state index contributed by atoms with van der Waals surface area (Å²) in [5, 5.41) is 5.01. The van der Waals surface area contributed by atoms with Gasteiger partial charge in [0.2, 0.25) is 0 Å². The van der Waals surface area contributed by atoms with Crippen LogP contribution in [-0.4, -0.2) is 43.9 Å². The molecule has 1 rings (SSSR count). The van der Waals surface area contributed by atoms with E-state index in [1.165, 1.54) is 14.2 Å². The lowest BCUT2D eigenvalue weighted by Gasteiger charge is -2.16. The number of hydrogen-bond donors (Lipinski definition) is 2. The number of methoxy groups -OCH3 is 2. The van der Waals surface area contributed by atoms with Gasteiger partial charge in [0.25, 0.3) is 0 Å². The van der Waals surface area contributed by atoms with Crippen LogP contribution >= 0.6 is 0 Å². The number of hydrogen-bond acceptors (Lipinski definition) is 5. The van der Waals surface area contributed by atoms with Gasteiger partial charge in [-0.3, -0.25) is 14.6 Å². The Kier molecular flexibility index (Phi) is 6.61. The molecule has 0 saturated carbocycles. The van der Waals surface area contributed by atoms with Crippen LogP contribution in [0, 0.1) is 0 Å². The third-order valence-electron chi connectivity index (χ3n) is 2.69. The Morgan fingerprint density at radius 1 is 1.30 bits per heavy atom. The maximum absolute atomic E-state index is 11.7. The molecular weight excluding hydrogens is 262 g/mol. The first-order valence-electron chi connectivity index (χ1n) is 6.12.